The number of ether oxygens (including phenoxy) is 1. The standard InChI is InChI=1S/C14H21NOS/c1-2-12-17-13-10-15-9-6-11-16-14-7-4-3-5-8-14/h2-5,7-8,15H,1,6,9-13H2. The summed E-state index contributed by atoms with van der Waals surface area (Å²) in [6.45, 7) is 6.54. The molecule has 1 rings (SSSR count). The van der Waals surface area contributed by atoms with Crippen LogP contribution in [0.1, 0.15) is 6.42 Å². The van der Waals surface area contributed by atoms with Crippen LogP contribution in [0.25, 0.3) is 0 Å². The van der Waals surface area contributed by atoms with Gasteiger partial charge in [-0.05, 0) is 25.1 Å². The fourth-order valence-electron chi connectivity index (χ4n) is 1.34. The zero-order valence-electron chi connectivity index (χ0n) is 10.2. The minimum absolute atomic E-state index is 0.775. The Labute approximate surface area is 108 Å². The van der Waals surface area contributed by atoms with Crippen molar-refractivity contribution in [3.63, 3.8) is 0 Å². The third-order valence-electron chi connectivity index (χ3n) is 2.17. The van der Waals surface area contributed by atoms with Gasteiger partial charge in [0.25, 0.3) is 0 Å². The van der Waals surface area contributed by atoms with E-state index in [1.54, 1.807) is 0 Å². The highest BCUT2D eigenvalue weighted by molar-refractivity contribution is 7.99. The lowest BCUT2D eigenvalue weighted by atomic mass is 10.3. The predicted octanol–water partition coefficient (Wildman–Crippen LogP) is 2.96. The van der Waals surface area contributed by atoms with E-state index in [0.717, 1.165) is 43.4 Å². The van der Waals surface area contributed by atoms with Crippen molar-refractivity contribution in [2.75, 3.05) is 31.2 Å². The molecule has 0 unspecified atom stereocenters. The molecule has 0 saturated carbocycles. The van der Waals surface area contributed by atoms with E-state index < -0.39 is 0 Å². The van der Waals surface area contributed by atoms with Crippen LogP contribution >= 0.6 is 11.8 Å². The van der Waals surface area contributed by atoms with Crippen LogP contribution in [0.4, 0.5) is 0 Å². The molecule has 0 aliphatic heterocycles. The van der Waals surface area contributed by atoms with Gasteiger partial charge in [-0.3, -0.25) is 0 Å². The Bertz CT molecular complexity index is 290. The second-order valence-electron chi connectivity index (χ2n) is 3.63. The van der Waals surface area contributed by atoms with Gasteiger partial charge in [-0.25, -0.2) is 0 Å². The number of hydrogen-bond donors (Lipinski definition) is 1. The quantitative estimate of drug-likeness (QED) is 0.510. The summed E-state index contributed by atoms with van der Waals surface area (Å²) >= 11 is 1.90. The maximum absolute atomic E-state index is 5.59. The van der Waals surface area contributed by atoms with E-state index in [4.69, 9.17) is 4.74 Å². The number of nitrogens with one attached hydrogen (secondary N) is 1. The molecule has 0 spiro atoms. The van der Waals surface area contributed by atoms with E-state index in [1.807, 2.05) is 48.2 Å². The SMILES string of the molecule is C=CCSCCNCCCOc1ccccc1. The summed E-state index contributed by atoms with van der Waals surface area (Å²) in [6, 6.07) is 9.95. The molecular formula is C14H21NOS. The molecule has 0 amide bonds. The normalized spacial score (nSPS) is 10.1. The molecule has 17 heavy (non-hydrogen) atoms. The number of benzene rings is 1. The van der Waals surface area contributed by atoms with Crippen LogP contribution in [0.2, 0.25) is 0 Å². The largest absolute Gasteiger partial charge is 0.494 e. The Hall–Kier alpha value is -0.930. The molecule has 1 aromatic carbocycles. The summed E-state index contributed by atoms with van der Waals surface area (Å²) in [7, 11) is 0. The Morgan fingerprint density at radius 2 is 2.06 bits per heavy atom. The highest BCUT2D eigenvalue weighted by atomic mass is 32.2. The molecule has 0 atom stereocenters. The third kappa shape index (κ3) is 7.88. The summed E-state index contributed by atoms with van der Waals surface area (Å²) < 4.78 is 5.59. The fourth-order valence-corrected chi connectivity index (χ4v) is 1.96. The van der Waals surface area contributed by atoms with Crippen LogP contribution in [-0.2, 0) is 0 Å². The van der Waals surface area contributed by atoms with Gasteiger partial charge in [0.15, 0.2) is 0 Å². The van der Waals surface area contributed by atoms with Gasteiger partial charge in [0.05, 0.1) is 6.61 Å². The molecule has 0 saturated heterocycles. The number of para-hydroxylation sites is 1. The Kier molecular flexibility index (Phi) is 8.51. The topological polar surface area (TPSA) is 21.3 Å². The minimum atomic E-state index is 0.775. The number of thioether (sulfide) groups is 1. The van der Waals surface area contributed by atoms with E-state index in [-0.39, 0.29) is 0 Å². The number of rotatable bonds is 10. The predicted molar refractivity (Wildman–Crippen MR) is 76.9 cm³/mol. The first-order valence-corrected chi connectivity index (χ1v) is 7.16. The van der Waals surface area contributed by atoms with Crippen LogP contribution in [0.3, 0.4) is 0 Å². The third-order valence-corrected chi connectivity index (χ3v) is 3.13. The van der Waals surface area contributed by atoms with Gasteiger partial charge in [0.1, 0.15) is 5.75 Å². The molecule has 1 N–H and O–H groups in total. The van der Waals surface area contributed by atoms with Crippen LogP contribution in [0.15, 0.2) is 43.0 Å². The van der Waals surface area contributed by atoms with Gasteiger partial charge in [-0.1, -0.05) is 24.3 Å². The van der Waals surface area contributed by atoms with Crippen LogP contribution in [0, 0.1) is 0 Å². The maximum Gasteiger partial charge on any atom is 0.119 e. The van der Waals surface area contributed by atoms with E-state index in [9.17, 15) is 0 Å². The lowest BCUT2D eigenvalue weighted by Crippen LogP contribution is -2.20. The zero-order valence-corrected chi connectivity index (χ0v) is 11.0. The average molecular weight is 251 g/mol. The first kappa shape index (κ1) is 14.1. The first-order chi connectivity index (χ1) is 8.43. The smallest absolute Gasteiger partial charge is 0.119 e. The van der Waals surface area contributed by atoms with Crippen molar-refractivity contribution in [2.45, 2.75) is 6.42 Å². The van der Waals surface area contributed by atoms with E-state index in [2.05, 4.69) is 11.9 Å². The van der Waals surface area contributed by atoms with Crippen LogP contribution < -0.4 is 10.1 Å². The molecule has 1 aromatic rings. The van der Waals surface area contributed by atoms with Crippen molar-refractivity contribution in [1.29, 1.82) is 0 Å². The summed E-state index contributed by atoms with van der Waals surface area (Å²) in [6.07, 6.45) is 2.99. The van der Waals surface area contributed by atoms with Crippen molar-refractivity contribution in [2.24, 2.45) is 0 Å². The highest BCUT2D eigenvalue weighted by Gasteiger charge is 1.92. The second-order valence-corrected chi connectivity index (χ2v) is 4.78. The molecule has 3 heteroatoms. The van der Waals surface area contributed by atoms with Crippen molar-refractivity contribution in [3.05, 3.63) is 43.0 Å². The van der Waals surface area contributed by atoms with Gasteiger partial charge in [0.2, 0.25) is 0 Å². The monoisotopic (exact) mass is 251 g/mol. The lowest BCUT2D eigenvalue weighted by Gasteiger charge is -2.06. The van der Waals surface area contributed by atoms with Crippen molar-refractivity contribution < 1.29 is 4.74 Å². The Morgan fingerprint density at radius 3 is 2.82 bits per heavy atom. The average Bonchev–Trinajstić information content (AvgIpc) is 2.38. The maximum atomic E-state index is 5.59. The molecular weight excluding hydrogens is 230 g/mol. The molecule has 0 radical (unpaired) electrons. The van der Waals surface area contributed by atoms with Gasteiger partial charge in [0, 0.05) is 18.1 Å². The molecule has 0 aromatic heterocycles. The molecule has 0 aliphatic rings. The molecule has 2 nitrogen and oxygen atoms in total. The van der Waals surface area contributed by atoms with Gasteiger partial charge in [-0.2, -0.15) is 11.8 Å². The molecule has 0 bridgehead atoms. The van der Waals surface area contributed by atoms with Crippen LogP contribution in [0.5, 0.6) is 5.75 Å². The molecule has 94 valence electrons. The van der Waals surface area contributed by atoms with E-state index in [1.165, 1.54) is 0 Å². The Morgan fingerprint density at radius 1 is 1.24 bits per heavy atom. The van der Waals surface area contributed by atoms with Gasteiger partial charge in [-0.15, -0.1) is 6.58 Å². The van der Waals surface area contributed by atoms with Crippen LogP contribution in [-0.4, -0.2) is 31.2 Å². The molecule has 0 heterocycles. The number of hydrogen-bond acceptors (Lipinski definition) is 3. The van der Waals surface area contributed by atoms with E-state index >= 15 is 0 Å². The fraction of sp³-hybridized carbons (Fsp3) is 0.429. The summed E-state index contributed by atoms with van der Waals surface area (Å²) in [4.78, 5) is 0. The lowest BCUT2D eigenvalue weighted by molar-refractivity contribution is 0.309. The minimum Gasteiger partial charge on any atom is -0.494 e. The van der Waals surface area contributed by atoms with Crippen molar-refractivity contribution in [1.82, 2.24) is 5.32 Å². The Balaban J connectivity index is 1.86. The van der Waals surface area contributed by atoms with Crippen molar-refractivity contribution in [3.8, 4) is 5.75 Å². The second kappa shape index (κ2) is 10.2. The molecule has 0 fully saturated rings. The summed E-state index contributed by atoms with van der Waals surface area (Å²) in [5.74, 6) is 3.14. The summed E-state index contributed by atoms with van der Waals surface area (Å²) in [5.41, 5.74) is 0. The van der Waals surface area contributed by atoms with Gasteiger partial charge < -0.3 is 10.1 Å². The first-order valence-electron chi connectivity index (χ1n) is 6.00. The molecule has 0 aliphatic carbocycles. The summed E-state index contributed by atoms with van der Waals surface area (Å²) in [5, 5.41) is 3.40. The van der Waals surface area contributed by atoms with Crippen molar-refractivity contribution >= 4 is 11.8 Å². The zero-order chi connectivity index (χ0) is 12.2. The van der Waals surface area contributed by atoms with Gasteiger partial charge >= 0.3 is 0 Å². The highest BCUT2D eigenvalue weighted by Crippen LogP contribution is 2.07. The van der Waals surface area contributed by atoms with E-state index in [0.29, 0.717) is 0 Å².